The third-order valence-electron chi connectivity index (χ3n) is 7.74. The molecule has 6 rings (SSSR count). The number of aromatic nitrogens is 5. The summed E-state index contributed by atoms with van der Waals surface area (Å²) in [6.07, 6.45) is 5.45. The topological polar surface area (TPSA) is 79.7 Å². The molecule has 7 heteroatoms. The summed E-state index contributed by atoms with van der Waals surface area (Å²) in [7, 11) is 0. The average molecular weight is 455 g/mol. The predicted octanol–water partition coefficient (Wildman–Crippen LogP) is 4.79. The Morgan fingerprint density at radius 1 is 1.06 bits per heavy atom. The molecule has 2 atom stereocenters. The summed E-state index contributed by atoms with van der Waals surface area (Å²) in [4.78, 5) is 19.2. The molecule has 3 heterocycles. The quantitative estimate of drug-likeness (QED) is 0.480. The zero-order valence-electron chi connectivity index (χ0n) is 20.0. The monoisotopic (exact) mass is 454 g/mol. The van der Waals surface area contributed by atoms with E-state index in [1.165, 1.54) is 18.4 Å². The lowest BCUT2D eigenvalue weighted by atomic mass is 9.98. The maximum atomic E-state index is 13.7. The number of H-pyrrole nitrogens is 1. The molecule has 1 N–H and O–H groups in total. The minimum Gasteiger partial charge on any atom is -0.354 e. The first-order valence-electron chi connectivity index (χ1n) is 12.3. The average Bonchev–Trinajstić information content (AvgIpc) is 3.58. The maximum Gasteiger partial charge on any atom is 0.254 e. The van der Waals surface area contributed by atoms with Crippen LogP contribution in [0.15, 0.2) is 47.3 Å². The molecule has 0 spiro atoms. The number of nitrogens with zero attached hydrogens (tertiary/aromatic N) is 5. The first-order chi connectivity index (χ1) is 16.5. The van der Waals surface area contributed by atoms with Crippen LogP contribution in [0, 0.1) is 13.8 Å². The van der Waals surface area contributed by atoms with Gasteiger partial charge in [-0.2, -0.15) is 0 Å². The van der Waals surface area contributed by atoms with Crippen molar-refractivity contribution in [2.24, 2.45) is 0 Å². The number of tetrazole rings is 1. The fourth-order valence-corrected chi connectivity index (χ4v) is 5.98. The molecule has 2 aromatic heterocycles. The third-order valence-corrected chi connectivity index (χ3v) is 7.74. The van der Waals surface area contributed by atoms with Crippen LogP contribution >= 0.6 is 0 Å². The number of para-hydroxylation sites is 1. The minimum atomic E-state index is -0.373. The molecule has 34 heavy (non-hydrogen) atoms. The van der Waals surface area contributed by atoms with Crippen molar-refractivity contribution < 1.29 is 0 Å². The van der Waals surface area contributed by atoms with Crippen molar-refractivity contribution in [3.63, 3.8) is 0 Å². The van der Waals surface area contributed by atoms with Gasteiger partial charge >= 0.3 is 0 Å². The molecule has 1 saturated carbocycles. The van der Waals surface area contributed by atoms with Gasteiger partial charge in [0.25, 0.3) is 5.56 Å². The van der Waals surface area contributed by atoms with E-state index in [1.54, 1.807) is 0 Å². The van der Waals surface area contributed by atoms with E-state index < -0.39 is 0 Å². The molecular formula is C27H30N6O. The Bertz CT molecular complexity index is 1430. The second-order valence-corrected chi connectivity index (χ2v) is 9.95. The molecule has 2 aliphatic rings. The Kier molecular flexibility index (Phi) is 5.01. The SMILES string of the molecule is Cc1ccc(C)c2[nH]c(=O)c([C@H](c3nnnn3C3CCCC3)N3c4ccccc4C[C@H]3C)cc12. The zero-order chi connectivity index (χ0) is 23.4. The third kappa shape index (κ3) is 3.25. The highest BCUT2D eigenvalue weighted by Crippen LogP contribution is 2.42. The normalized spacial score (nSPS) is 19.1. The van der Waals surface area contributed by atoms with Crippen molar-refractivity contribution >= 4 is 16.6 Å². The Morgan fingerprint density at radius 2 is 1.82 bits per heavy atom. The number of fused-ring (bicyclic) bond motifs is 2. The largest absolute Gasteiger partial charge is 0.354 e. The number of pyridine rings is 1. The summed E-state index contributed by atoms with van der Waals surface area (Å²) in [5, 5.41) is 14.2. The molecule has 1 aliphatic heterocycles. The fraction of sp³-hybridized carbons (Fsp3) is 0.407. The van der Waals surface area contributed by atoms with Gasteiger partial charge in [0, 0.05) is 22.7 Å². The number of rotatable bonds is 4. The number of aryl methyl sites for hydroxylation is 2. The number of hydrogen-bond acceptors (Lipinski definition) is 5. The van der Waals surface area contributed by atoms with E-state index in [9.17, 15) is 4.79 Å². The van der Waals surface area contributed by atoms with Gasteiger partial charge in [-0.1, -0.05) is 43.2 Å². The lowest BCUT2D eigenvalue weighted by Gasteiger charge is -2.34. The van der Waals surface area contributed by atoms with E-state index in [0.29, 0.717) is 5.56 Å². The highest BCUT2D eigenvalue weighted by Gasteiger charge is 2.39. The van der Waals surface area contributed by atoms with Crippen LogP contribution in [-0.4, -0.2) is 31.2 Å². The molecule has 1 fully saturated rings. The summed E-state index contributed by atoms with van der Waals surface area (Å²) in [6.45, 7) is 6.35. The maximum absolute atomic E-state index is 13.7. The van der Waals surface area contributed by atoms with Gasteiger partial charge < -0.3 is 9.88 Å². The summed E-state index contributed by atoms with van der Waals surface area (Å²) in [6, 6.07) is 14.9. The molecule has 0 radical (unpaired) electrons. The molecule has 0 bridgehead atoms. The lowest BCUT2D eigenvalue weighted by molar-refractivity contribution is 0.423. The standard InChI is InChI=1S/C27H30N6O/c1-16-12-13-17(2)24-21(16)15-22(27(34)28-24)25(26-29-30-31-33(26)20-9-5-6-10-20)32-18(3)14-19-8-4-7-11-23(19)32/h4,7-8,11-13,15,18,20,25H,5-6,9-10,14H2,1-3H3,(H,28,34)/t18-,25-/m1/s1. The van der Waals surface area contributed by atoms with Gasteiger partial charge in [-0.05, 0) is 79.3 Å². The van der Waals surface area contributed by atoms with Gasteiger partial charge in [-0.25, -0.2) is 4.68 Å². The molecular weight excluding hydrogens is 424 g/mol. The van der Waals surface area contributed by atoms with Crippen LogP contribution in [0.25, 0.3) is 10.9 Å². The molecule has 1 aliphatic carbocycles. The van der Waals surface area contributed by atoms with Crippen LogP contribution in [0.4, 0.5) is 5.69 Å². The van der Waals surface area contributed by atoms with Gasteiger partial charge in [0.2, 0.25) is 0 Å². The second-order valence-electron chi connectivity index (χ2n) is 9.95. The summed E-state index contributed by atoms with van der Waals surface area (Å²) in [5.41, 5.74) is 6.17. The molecule has 0 amide bonds. The van der Waals surface area contributed by atoms with Crippen LogP contribution in [-0.2, 0) is 6.42 Å². The first kappa shape index (κ1) is 21.1. The van der Waals surface area contributed by atoms with Crippen molar-refractivity contribution in [1.82, 2.24) is 25.2 Å². The van der Waals surface area contributed by atoms with Crippen LogP contribution < -0.4 is 10.5 Å². The zero-order valence-corrected chi connectivity index (χ0v) is 20.0. The molecule has 2 aromatic carbocycles. The summed E-state index contributed by atoms with van der Waals surface area (Å²) in [5.74, 6) is 0.755. The fourth-order valence-electron chi connectivity index (χ4n) is 5.98. The van der Waals surface area contributed by atoms with Crippen molar-refractivity contribution in [2.75, 3.05) is 4.90 Å². The second kappa shape index (κ2) is 8.08. The molecule has 174 valence electrons. The summed E-state index contributed by atoms with van der Waals surface area (Å²) < 4.78 is 2.00. The van der Waals surface area contributed by atoms with Crippen molar-refractivity contribution in [1.29, 1.82) is 0 Å². The van der Waals surface area contributed by atoms with E-state index in [1.807, 2.05) is 11.6 Å². The van der Waals surface area contributed by atoms with E-state index in [-0.39, 0.29) is 23.7 Å². The Labute approximate surface area is 198 Å². The molecule has 7 nitrogen and oxygen atoms in total. The number of nitrogens with one attached hydrogen (secondary N) is 1. The number of anilines is 1. The number of aromatic amines is 1. The van der Waals surface area contributed by atoms with Crippen molar-refractivity contribution in [2.45, 2.75) is 71.0 Å². The van der Waals surface area contributed by atoms with E-state index >= 15 is 0 Å². The smallest absolute Gasteiger partial charge is 0.254 e. The predicted molar refractivity (Wildman–Crippen MR) is 133 cm³/mol. The highest BCUT2D eigenvalue weighted by molar-refractivity contribution is 5.85. The number of hydrogen-bond donors (Lipinski definition) is 1. The van der Waals surface area contributed by atoms with Gasteiger partial charge in [-0.3, -0.25) is 4.79 Å². The van der Waals surface area contributed by atoms with E-state index in [4.69, 9.17) is 0 Å². The van der Waals surface area contributed by atoms with Gasteiger partial charge in [0.1, 0.15) is 6.04 Å². The van der Waals surface area contributed by atoms with E-state index in [0.717, 1.165) is 52.8 Å². The van der Waals surface area contributed by atoms with Crippen LogP contribution in [0.3, 0.4) is 0 Å². The molecule has 0 unspecified atom stereocenters. The number of benzene rings is 2. The molecule has 0 saturated heterocycles. The van der Waals surface area contributed by atoms with E-state index in [2.05, 4.69) is 81.7 Å². The Morgan fingerprint density at radius 3 is 2.65 bits per heavy atom. The van der Waals surface area contributed by atoms with Crippen LogP contribution in [0.5, 0.6) is 0 Å². The lowest BCUT2D eigenvalue weighted by Crippen LogP contribution is -2.39. The van der Waals surface area contributed by atoms with Crippen LogP contribution in [0.1, 0.15) is 72.8 Å². The Balaban J connectivity index is 1.61. The first-order valence-corrected chi connectivity index (χ1v) is 12.3. The Hall–Kier alpha value is -3.48. The summed E-state index contributed by atoms with van der Waals surface area (Å²) >= 11 is 0. The highest BCUT2D eigenvalue weighted by atomic mass is 16.1. The minimum absolute atomic E-state index is 0.0799. The van der Waals surface area contributed by atoms with Crippen LogP contribution in [0.2, 0.25) is 0 Å². The van der Waals surface area contributed by atoms with Gasteiger partial charge in [0.15, 0.2) is 5.82 Å². The van der Waals surface area contributed by atoms with Gasteiger partial charge in [0.05, 0.1) is 11.6 Å². The molecule has 4 aromatic rings. The van der Waals surface area contributed by atoms with Gasteiger partial charge in [-0.15, -0.1) is 5.10 Å². The van der Waals surface area contributed by atoms with Crippen molar-refractivity contribution in [3.8, 4) is 0 Å². The van der Waals surface area contributed by atoms with Crippen molar-refractivity contribution in [3.05, 3.63) is 80.9 Å².